The van der Waals surface area contributed by atoms with Crippen molar-refractivity contribution in [2.45, 2.75) is 44.3 Å². The third-order valence-electron chi connectivity index (χ3n) is 5.55. The summed E-state index contributed by atoms with van der Waals surface area (Å²) in [6.07, 6.45) is 4.59. The summed E-state index contributed by atoms with van der Waals surface area (Å²) in [5.74, 6) is 1.69. The van der Waals surface area contributed by atoms with Crippen LogP contribution < -0.4 is 15.5 Å². The summed E-state index contributed by atoms with van der Waals surface area (Å²) in [5, 5.41) is 8.39. The summed E-state index contributed by atoms with van der Waals surface area (Å²) in [7, 11) is 4.06. The van der Waals surface area contributed by atoms with Crippen molar-refractivity contribution < 1.29 is 0 Å². The summed E-state index contributed by atoms with van der Waals surface area (Å²) < 4.78 is 1.14. The highest BCUT2D eigenvalue weighted by molar-refractivity contribution is 9.10. The molecule has 1 fully saturated rings. The van der Waals surface area contributed by atoms with E-state index in [0.29, 0.717) is 12.1 Å². The van der Waals surface area contributed by atoms with Crippen molar-refractivity contribution in [1.29, 1.82) is 0 Å². The maximum atomic E-state index is 4.78. The van der Waals surface area contributed by atoms with Crippen LogP contribution in [0.3, 0.4) is 0 Å². The Morgan fingerprint density at radius 3 is 2.48 bits per heavy atom. The van der Waals surface area contributed by atoms with Gasteiger partial charge in [-0.1, -0.05) is 40.2 Å². The summed E-state index contributed by atoms with van der Waals surface area (Å²) in [6, 6.07) is 17.7. The SMILES string of the molecule is CN(C)c1nc(NC2CCC(NCc3cccc(Br)c3)CC2)nc2ccccc12. The molecule has 0 amide bonds. The second-order valence-electron chi connectivity index (χ2n) is 7.99. The van der Waals surface area contributed by atoms with E-state index >= 15 is 0 Å². The molecule has 3 aromatic rings. The third-order valence-corrected chi connectivity index (χ3v) is 6.04. The molecule has 0 atom stereocenters. The van der Waals surface area contributed by atoms with E-state index in [2.05, 4.69) is 67.9 Å². The average molecular weight is 454 g/mol. The van der Waals surface area contributed by atoms with Crippen molar-refractivity contribution in [2.75, 3.05) is 24.3 Å². The molecule has 0 radical (unpaired) electrons. The molecular formula is C23H28BrN5. The predicted octanol–water partition coefficient (Wildman–Crippen LogP) is 4.97. The van der Waals surface area contributed by atoms with Crippen LogP contribution in [0.15, 0.2) is 53.0 Å². The van der Waals surface area contributed by atoms with Gasteiger partial charge in [-0.2, -0.15) is 4.98 Å². The molecule has 2 aromatic carbocycles. The van der Waals surface area contributed by atoms with Crippen LogP contribution >= 0.6 is 15.9 Å². The number of hydrogen-bond acceptors (Lipinski definition) is 5. The highest BCUT2D eigenvalue weighted by Crippen LogP contribution is 2.26. The van der Waals surface area contributed by atoms with Crippen molar-refractivity contribution in [2.24, 2.45) is 0 Å². The average Bonchev–Trinajstić information content (AvgIpc) is 2.72. The molecule has 29 heavy (non-hydrogen) atoms. The first-order valence-corrected chi connectivity index (χ1v) is 11.1. The Morgan fingerprint density at radius 2 is 1.72 bits per heavy atom. The second-order valence-corrected chi connectivity index (χ2v) is 8.90. The molecule has 5 nitrogen and oxygen atoms in total. The van der Waals surface area contributed by atoms with Gasteiger partial charge in [0.05, 0.1) is 5.52 Å². The van der Waals surface area contributed by atoms with Crippen molar-refractivity contribution in [3.63, 3.8) is 0 Å². The lowest BCUT2D eigenvalue weighted by molar-refractivity contribution is 0.352. The molecule has 0 unspecified atom stereocenters. The van der Waals surface area contributed by atoms with Crippen LogP contribution in [-0.4, -0.2) is 36.1 Å². The number of hydrogen-bond donors (Lipinski definition) is 2. The van der Waals surface area contributed by atoms with Crippen molar-refractivity contribution >= 4 is 38.6 Å². The maximum Gasteiger partial charge on any atom is 0.225 e. The van der Waals surface area contributed by atoms with E-state index in [4.69, 9.17) is 9.97 Å². The first kappa shape index (κ1) is 20.1. The lowest BCUT2D eigenvalue weighted by atomic mass is 9.91. The minimum absolute atomic E-state index is 0.426. The zero-order valence-electron chi connectivity index (χ0n) is 17.0. The standard InChI is InChI=1S/C23H28BrN5/c1-29(2)22-20-8-3-4-9-21(20)27-23(28-22)26-19-12-10-18(11-13-19)25-15-16-6-5-7-17(24)14-16/h3-9,14,18-19,25H,10-13,15H2,1-2H3,(H,26,27,28). The minimum atomic E-state index is 0.426. The highest BCUT2D eigenvalue weighted by atomic mass is 79.9. The fourth-order valence-corrected chi connectivity index (χ4v) is 4.45. The number of para-hydroxylation sites is 1. The molecule has 1 saturated carbocycles. The number of aromatic nitrogens is 2. The summed E-state index contributed by atoms with van der Waals surface area (Å²) >= 11 is 3.55. The highest BCUT2D eigenvalue weighted by Gasteiger charge is 2.22. The molecule has 6 heteroatoms. The van der Waals surface area contributed by atoms with E-state index in [0.717, 1.165) is 46.5 Å². The quantitative estimate of drug-likeness (QED) is 0.551. The first-order chi connectivity index (χ1) is 14.1. The number of fused-ring (bicyclic) bond motifs is 1. The van der Waals surface area contributed by atoms with Gasteiger partial charge in [-0.25, -0.2) is 4.98 Å². The Kier molecular flexibility index (Phi) is 6.31. The molecule has 0 saturated heterocycles. The van der Waals surface area contributed by atoms with Crippen LogP contribution in [0.1, 0.15) is 31.2 Å². The lowest BCUT2D eigenvalue weighted by Crippen LogP contribution is -2.37. The fraction of sp³-hybridized carbons (Fsp3) is 0.391. The van der Waals surface area contributed by atoms with Crippen LogP contribution in [-0.2, 0) is 6.54 Å². The van der Waals surface area contributed by atoms with Gasteiger partial charge in [0.1, 0.15) is 5.82 Å². The molecule has 1 aliphatic carbocycles. The molecule has 0 aliphatic heterocycles. The van der Waals surface area contributed by atoms with Gasteiger partial charge in [0, 0.05) is 42.6 Å². The Labute approximate surface area is 181 Å². The zero-order valence-corrected chi connectivity index (χ0v) is 18.6. The molecular weight excluding hydrogens is 426 g/mol. The number of rotatable bonds is 6. The van der Waals surface area contributed by atoms with Gasteiger partial charge < -0.3 is 15.5 Å². The third kappa shape index (κ3) is 5.06. The normalized spacial score (nSPS) is 19.3. The molecule has 0 bridgehead atoms. The molecule has 1 aliphatic rings. The summed E-state index contributed by atoms with van der Waals surface area (Å²) in [5.41, 5.74) is 2.30. The van der Waals surface area contributed by atoms with E-state index < -0.39 is 0 Å². The van der Waals surface area contributed by atoms with E-state index in [1.165, 1.54) is 18.4 Å². The van der Waals surface area contributed by atoms with Crippen molar-refractivity contribution in [1.82, 2.24) is 15.3 Å². The van der Waals surface area contributed by atoms with Gasteiger partial charge in [-0.15, -0.1) is 0 Å². The summed E-state index contributed by atoms with van der Waals surface area (Å²) in [6.45, 7) is 0.919. The number of halogens is 1. The minimum Gasteiger partial charge on any atom is -0.362 e. The lowest BCUT2D eigenvalue weighted by Gasteiger charge is -2.30. The Bertz CT molecular complexity index is 966. The predicted molar refractivity (Wildman–Crippen MR) is 125 cm³/mol. The summed E-state index contributed by atoms with van der Waals surface area (Å²) in [4.78, 5) is 11.6. The molecule has 152 valence electrons. The monoisotopic (exact) mass is 453 g/mol. The molecule has 0 spiro atoms. The van der Waals surface area contributed by atoms with Gasteiger partial charge in [0.15, 0.2) is 0 Å². The number of anilines is 2. The number of nitrogens with one attached hydrogen (secondary N) is 2. The van der Waals surface area contributed by atoms with Gasteiger partial charge in [-0.3, -0.25) is 0 Å². The van der Waals surface area contributed by atoms with Crippen molar-refractivity contribution in [3.05, 3.63) is 58.6 Å². The van der Waals surface area contributed by atoms with Gasteiger partial charge in [0.25, 0.3) is 0 Å². The number of nitrogens with zero attached hydrogens (tertiary/aromatic N) is 3. The Morgan fingerprint density at radius 1 is 0.966 bits per heavy atom. The van der Waals surface area contributed by atoms with E-state index in [-0.39, 0.29) is 0 Å². The second kappa shape index (κ2) is 9.09. The Balaban J connectivity index is 1.35. The van der Waals surface area contributed by atoms with Gasteiger partial charge >= 0.3 is 0 Å². The van der Waals surface area contributed by atoms with Gasteiger partial charge in [-0.05, 0) is 55.5 Å². The van der Waals surface area contributed by atoms with Crippen LogP contribution in [0.4, 0.5) is 11.8 Å². The molecule has 1 aromatic heterocycles. The molecule has 1 heterocycles. The largest absolute Gasteiger partial charge is 0.362 e. The van der Waals surface area contributed by atoms with Crippen LogP contribution in [0, 0.1) is 0 Å². The first-order valence-electron chi connectivity index (χ1n) is 10.3. The number of benzene rings is 2. The van der Waals surface area contributed by atoms with Crippen LogP contribution in [0.25, 0.3) is 10.9 Å². The smallest absolute Gasteiger partial charge is 0.225 e. The van der Waals surface area contributed by atoms with Crippen molar-refractivity contribution in [3.8, 4) is 0 Å². The fourth-order valence-electron chi connectivity index (χ4n) is 4.00. The van der Waals surface area contributed by atoms with E-state index in [9.17, 15) is 0 Å². The zero-order chi connectivity index (χ0) is 20.2. The van der Waals surface area contributed by atoms with Crippen LogP contribution in [0.5, 0.6) is 0 Å². The maximum absolute atomic E-state index is 4.78. The molecule has 4 rings (SSSR count). The van der Waals surface area contributed by atoms with Crippen LogP contribution in [0.2, 0.25) is 0 Å². The van der Waals surface area contributed by atoms with E-state index in [1.807, 2.05) is 26.2 Å². The van der Waals surface area contributed by atoms with Gasteiger partial charge in [0.2, 0.25) is 5.95 Å². The molecule has 2 N–H and O–H groups in total. The van der Waals surface area contributed by atoms with E-state index in [1.54, 1.807) is 0 Å². The topological polar surface area (TPSA) is 53.1 Å². The Hall–Kier alpha value is -2.18.